The molecule has 0 aromatic carbocycles. The summed E-state index contributed by atoms with van der Waals surface area (Å²) in [4.78, 5) is 11.5. The predicted octanol–water partition coefficient (Wildman–Crippen LogP) is 2.71. The lowest BCUT2D eigenvalue weighted by Gasteiger charge is -2.31. The Bertz CT molecular complexity index is 245. The second-order valence-electron chi connectivity index (χ2n) is 6.26. The molecule has 106 valence electrons. The van der Waals surface area contributed by atoms with Crippen molar-refractivity contribution in [3.05, 3.63) is 0 Å². The normalized spacial score (nSPS) is 18.2. The summed E-state index contributed by atoms with van der Waals surface area (Å²) in [5.41, 5.74) is 0.458. The molecule has 1 fully saturated rings. The van der Waals surface area contributed by atoms with Crippen molar-refractivity contribution in [2.24, 2.45) is 11.3 Å². The Hall–Kier alpha value is -0.570. The molecule has 1 aliphatic rings. The molecular formula is C15H30N2O. The minimum Gasteiger partial charge on any atom is -0.355 e. The Morgan fingerprint density at radius 2 is 1.94 bits per heavy atom. The molecule has 0 heterocycles. The van der Waals surface area contributed by atoms with E-state index in [0.29, 0.717) is 12.0 Å². The fraction of sp³-hybridized carbons (Fsp3) is 0.933. The lowest BCUT2D eigenvalue weighted by molar-refractivity contribution is -0.120. The highest BCUT2D eigenvalue weighted by Gasteiger charge is 2.33. The average molecular weight is 254 g/mol. The van der Waals surface area contributed by atoms with Gasteiger partial charge in [-0.2, -0.15) is 0 Å². The van der Waals surface area contributed by atoms with Gasteiger partial charge in [0.05, 0.1) is 6.54 Å². The first-order valence-electron chi connectivity index (χ1n) is 7.55. The third-order valence-corrected chi connectivity index (χ3v) is 3.86. The molecular weight excluding hydrogens is 224 g/mol. The monoisotopic (exact) mass is 254 g/mol. The zero-order valence-corrected chi connectivity index (χ0v) is 12.3. The molecule has 0 spiro atoms. The highest BCUT2D eigenvalue weighted by atomic mass is 16.1. The van der Waals surface area contributed by atoms with Crippen molar-refractivity contribution in [1.82, 2.24) is 10.6 Å². The molecule has 0 radical (unpaired) electrons. The van der Waals surface area contributed by atoms with Crippen molar-refractivity contribution < 1.29 is 4.79 Å². The van der Waals surface area contributed by atoms with Gasteiger partial charge < -0.3 is 10.6 Å². The van der Waals surface area contributed by atoms with Crippen molar-refractivity contribution in [2.45, 2.75) is 59.3 Å². The Morgan fingerprint density at radius 3 is 2.50 bits per heavy atom. The molecule has 1 saturated carbocycles. The molecule has 0 aromatic heterocycles. The van der Waals surface area contributed by atoms with Gasteiger partial charge in [-0.25, -0.2) is 0 Å². The topological polar surface area (TPSA) is 41.1 Å². The Labute approximate surface area is 112 Å². The van der Waals surface area contributed by atoms with Crippen LogP contribution in [-0.4, -0.2) is 25.5 Å². The van der Waals surface area contributed by atoms with Gasteiger partial charge in [0, 0.05) is 13.1 Å². The van der Waals surface area contributed by atoms with Gasteiger partial charge in [0.15, 0.2) is 0 Å². The van der Waals surface area contributed by atoms with E-state index in [1.807, 2.05) is 0 Å². The van der Waals surface area contributed by atoms with Crippen LogP contribution in [0.3, 0.4) is 0 Å². The van der Waals surface area contributed by atoms with E-state index in [-0.39, 0.29) is 5.91 Å². The summed E-state index contributed by atoms with van der Waals surface area (Å²) in [6.45, 7) is 8.94. The fourth-order valence-electron chi connectivity index (χ4n) is 3.21. The van der Waals surface area contributed by atoms with Crippen LogP contribution in [0.25, 0.3) is 0 Å². The second-order valence-corrected chi connectivity index (χ2v) is 6.26. The maximum absolute atomic E-state index is 11.5. The molecule has 0 unspecified atom stereocenters. The SMILES string of the molecule is CCCNC(=O)CNCC1(CC(C)C)CCCC1. The van der Waals surface area contributed by atoms with Crippen LogP contribution in [0.2, 0.25) is 0 Å². The number of carbonyl (C=O) groups is 1. The number of rotatable bonds is 8. The van der Waals surface area contributed by atoms with E-state index in [2.05, 4.69) is 31.4 Å². The molecule has 2 N–H and O–H groups in total. The van der Waals surface area contributed by atoms with Crippen molar-refractivity contribution in [1.29, 1.82) is 0 Å². The summed E-state index contributed by atoms with van der Waals surface area (Å²) in [7, 11) is 0. The molecule has 0 saturated heterocycles. The van der Waals surface area contributed by atoms with Crippen LogP contribution in [0.5, 0.6) is 0 Å². The van der Waals surface area contributed by atoms with Crippen LogP contribution >= 0.6 is 0 Å². The van der Waals surface area contributed by atoms with Crippen LogP contribution in [0.15, 0.2) is 0 Å². The standard InChI is InChI=1S/C15H30N2O/c1-4-9-17-14(18)11-16-12-15(10-13(2)3)7-5-6-8-15/h13,16H,4-12H2,1-3H3,(H,17,18). The number of carbonyl (C=O) groups excluding carboxylic acids is 1. The lowest BCUT2D eigenvalue weighted by Crippen LogP contribution is -2.40. The van der Waals surface area contributed by atoms with Crippen LogP contribution in [0.4, 0.5) is 0 Å². The van der Waals surface area contributed by atoms with Crippen molar-refractivity contribution in [3.63, 3.8) is 0 Å². The molecule has 0 aromatic rings. The quantitative estimate of drug-likeness (QED) is 0.699. The molecule has 0 bridgehead atoms. The number of hydrogen-bond acceptors (Lipinski definition) is 2. The van der Waals surface area contributed by atoms with Crippen LogP contribution in [0, 0.1) is 11.3 Å². The minimum absolute atomic E-state index is 0.134. The molecule has 1 amide bonds. The Kier molecular flexibility index (Phi) is 6.69. The van der Waals surface area contributed by atoms with Gasteiger partial charge in [0.2, 0.25) is 5.91 Å². The molecule has 0 aliphatic heterocycles. The van der Waals surface area contributed by atoms with E-state index in [4.69, 9.17) is 0 Å². The number of hydrogen-bond donors (Lipinski definition) is 2. The van der Waals surface area contributed by atoms with E-state index in [1.165, 1.54) is 32.1 Å². The zero-order valence-electron chi connectivity index (χ0n) is 12.3. The van der Waals surface area contributed by atoms with E-state index in [9.17, 15) is 4.79 Å². The minimum atomic E-state index is 0.134. The first kappa shape index (κ1) is 15.5. The third kappa shape index (κ3) is 5.38. The number of nitrogens with one attached hydrogen (secondary N) is 2. The number of amides is 1. The summed E-state index contributed by atoms with van der Waals surface area (Å²) >= 11 is 0. The molecule has 0 atom stereocenters. The Morgan fingerprint density at radius 1 is 1.28 bits per heavy atom. The average Bonchev–Trinajstić information content (AvgIpc) is 2.74. The van der Waals surface area contributed by atoms with E-state index in [1.54, 1.807) is 0 Å². The largest absolute Gasteiger partial charge is 0.355 e. The summed E-state index contributed by atoms with van der Waals surface area (Å²) in [5, 5.41) is 6.28. The molecule has 18 heavy (non-hydrogen) atoms. The van der Waals surface area contributed by atoms with Crippen LogP contribution < -0.4 is 10.6 Å². The highest BCUT2D eigenvalue weighted by molar-refractivity contribution is 5.77. The van der Waals surface area contributed by atoms with Crippen LogP contribution in [0.1, 0.15) is 59.3 Å². The zero-order chi connectivity index (χ0) is 13.4. The van der Waals surface area contributed by atoms with Gasteiger partial charge in [-0.15, -0.1) is 0 Å². The fourth-order valence-corrected chi connectivity index (χ4v) is 3.21. The van der Waals surface area contributed by atoms with E-state index in [0.717, 1.165) is 25.4 Å². The summed E-state index contributed by atoms with van der Waals surface area (Å²) in [6.07, 6.45) is 7.66. The molecule has 3 nitrogen and oxygen atoms in total. The van der Waals surface area contributed by atoms with E-state index < -0.39 is 0 Å². The van der Waals surface area contributed by atoms with Crippen molar-refractivity contribution in [2.75, 3.05) is 19.6 Å². The van der Waals surface area contributed by atoms with E-state index >= 15 is 0 Å². The van der Waals surface area contributed by atoms with Gasteiger partial charge in [0.1, 0.15) is 0 Å². The third-order valence-electron chi connectivity index (χ3n) is 3.86. The van der Waals surface area contributed by atoms with Crippen LogP contribution in [-0.2, 0) is 4.79 Å². The summed E-state index contributed by atoms with van der Waals surface area (Å²) < 4.78 is 0. The lowest BCUT2D eigenvalue weighted by atomic mass is 9.78. The summed E-state index contributed by atoms with van der Waals surface area (Å²) in [5.74, 6) is 0.883. The maximum Gasteiger partial charge on any atom is 0.233 e. The van der Waals surface area contributed by atoms with Gasteiger partial charge in [-0.3, -0.25) is 4.79 Å². The highest BCUT2D eigenvalue weighted by Crippen LogP contribution is 2.42. The summed E-state index contributed by atoms with van der Waals surface area (Å²) in [6, 6.07) is 0. The smallest absolute Gasteiger partial charge is 0.233 e. The molecule has 1 aliphatic carbocycles. The molecule has 3 heteroatoms. The van der Waals surface area contributed by atoms with Gasteiger partial charge in [0.25, 0.3) is 0 Å². The van der Waals surface area contributed by atoms with Crippen molar-refractivity contribution in [3.8, 4) is 0 Å². The molecule has 1 rings (SSSR count). The van der Waals surface area contributed by atoms with Crippen molar-refractivity contribution >= 4 is 5.91 Å². The first-order valence-corrected chi connectivity index (χ1v) is 7.55. The predicted molar refractivity (Wildman–Crippen MR) is 76.5 cm³/mol. The van der Waals surface area contributed by atoms with Gasteiger partial charge in [-0.1, -0.05) is 33.6 Å². The van der Waals surface area contributed by atoms with Gasteiger partial charge >= 0.3 is 0 Å². The van der Waals surface area contributed by atoms with Gasteiger partial charge in [-0.05, 0) is 37.0 Å². The Balaban J connectivity index is 2.28. The maximum atomic E-state index is 11.5. The second kappa shape index (κ2) is 7.78. The first-order chi connectivity index (χ1) is 8.58.